The van der Waals surface area contributed by atoms with Crippen molar-refractivity contribution in [1.82, 2.24) is 15.1 Å². The molecule has 2 aliphatic rings. The standard InChI is InChI=1S/C26H29N3O4/c1-17-9-10-19(16-18(17)2)24(31)28-14-11-20(12-15-28)27-23(30)8-5-13-29-25(32)21-6-3-4-7-22(21)26(29)33/h3-4,6-7,9-10,16,20H,5,8,11-15H2,1-2H3,(H,27,30). The van der Waals surface area contributed by atoms with Crippen molar-refractivity contribution in [1.29, 1.82) is 0 Å². The Morgan fingerprint density at radius 2 is 1.58 bits per heavy atom. The molecule has 2 aromatic carbocycles. The Kier molecular flexibility index (Phi) is 6.58. The van der Waals surface area contributed by atoms with E-state index in [-0.39, 0.29) is 42.6 Å². The summed E-state index contributed by atoms with van der Waals surface area (Å²) in [6, 6.07) is 12.6. The van der Waals surface area contributed by atoms with E-state index >= 15 is 0 Å². The number of carbonyl (C=O) groups excluding carboxylic acids is 4. The lowest BCUT2D eigenvalue weighted by Gasteiger charge is -2.32. The highest BCUT2D eigenvalue weighted by atomic mass is 16.2. The number of imide groups is 1. The van der Waals surface area contributed by atoms with Crippen LogP contribution in [0, 0.1) is 13.8 Å². The number of rotatable bonds is 6. The number of nitrogens with one attached hydrogen (secondary N) is 1. The molecule has 0 unspecified atom stereocenters. The number of piperidine rings is 1. The van der Waals surface area contributed by atoms with Crippen molar-refractivity contribution in [3.05, 3.63) is 70.3 Å². The SMILES string of the molecule is Cc1ccc(C(=O)N2CCC(NC(=O)CCCN3C(=O)c4ccccc4C3=O)CC2)cc1C. The van der Waals surface area contributed by atoms with Crippen LogP contribution in [0.2, 0.25) is 0 Å². The van der Waals surface area contributed by atoms with E-state index in [1.807, 2.05) is 36.9 Å². The van der Waals surface area contributed by atoms with Gasteiger partial charge in [-0.1, -0.05) is 18.2 Å². The average molecular weight is 448 g/mol. The largest absolute Gasteiger partial charge is 0.353 e. The molecule has 0 atom stereocenters. The normalized spacial score (nSPS) is 16.2. The fourth-order valence-corrected chi connectivity index (χ4v) is 4.42. The molecule has 1 N–H and O–H groups in total. The predicted molar refractivity (Wildman–Crippen MR) is 124 cm³/mol. The van der Waals surface area contributed by atoms with Crippen LogP contribution in [0.25, 0.3) is 0 Å². The van der Waals surface area contributed by atoms with Gasteiger partial charge in [0.1, 0.15) is 0 Å². The summed E-state index contributed by atoms with van der Waals surface area (Å²) in [5.41, 5.74) is 3.82. The number of aryl methyl sites for hydroxylation is 2. The van der Waals surface area contributed by atoms with Gasteiger partial charge in [0.15, 0.2) is 0 Å². The molecule has 172 valence electrons. The van der Waals surface area contributed by atoms with E-state index in [9.17, 15) is 19.2 Å². The Hall–Kier alpha value is -3.48. The molecule has 2 aromatic rings. The lowest BCUT2D eigenvalue weighted by molar-refractivity contribution is -0.122. The highest BCUT2D eigenvalue weighted by Crippen LogP contribution is 2.23. The van der Waals surface area contributed by atoms with Crippen LogP contribution in [0.5, 0.6) is 0 Å². The summed E-state index contributed by atoms with van der Waals surface area (Å²) < 4.78 is 0. The molecule has 0 radical (unpaired) electrons. The zero-order chi connectivity index (χ0) is 23.5. The zero-order valence-electron chi connectivity index (χ0n) is 19.1. The molecule has 4 rings (SSSR count). The molecule has 4 amide bonds. The maximum absolute atomic E-state index is 12.8. The van der Waals surface area contributed by atoms with Crippen LogP contribution in [-0.2, 0) is 4.79 Å². The van der Waals surface area contributed by atoms with E-state index in [2.05, 4.69) is 5.32 Å². The lowest BCUT2D eigenvalue weighted by atomic mass is 10.0. The van der Waals surface area contributed by atoms with Crippen molar-refractivity contribution in [2.75, 3.05) is 19.6 Å². The van der Waals surface area contributed by atoms with Gasteiger partial charge in [0.25, 0.3) is 17.7 Å². The summed E-state index contributed by atoms with van der Waals surface area (Å²) in [5.74, 6) is -0.650. The first kappa shape index (κ1) is 22.7. The van der Waals surface area contributed by atoms with Crippen LogP contribution in [0.1, 0.15) is 67.9 Å². The molecule has 0 aliphatic carbocycles. The highest BCUT2D eigenvalue weighted by molar-refractivity contribution is 6.21. The van der Waals surface area contributed by atoms with Gasteiger partial charge in [-0.05, 0) is 68.5 Å². The maximum Gasteiger partial charge on any atom is 0.261 e. The third kappa shape index (κ3) is 4.82. The fourth-order valence-electron chi connectivity index (χ4n) is 4.42. The minimum Gasteiger partial charge on any atom is -0.353 e. The average Bonchev–Trinajstić information content (AvgIpc) is 3.06. The maximum atomic E-state index is 12.8. The molecule has 0 aromatic heterocycles. The van der Waals surface area contributed by atoms with Crippen LogP contribution < -0.4 is 5.32 Å². The third-order valence-electron chi connectivity index (χ3n) is 6.56. The second kappa shape index (κ2) is 9.57. The first-order valence-electron chi connectivity index (χ1n) is 11.5. The van der Waals surface area contributed by atoms with Crippen molar-refractivity contribution < 1.29 is 19.2 Å². The summed E-state index contributed by atoms with van der Waals surface area (Å²) in [5, 5.41) is 3.03. The number of fused-ring (bicyclic) bond motifs is 1. The van der Waals surface area contributed by atoms with Crippen LogP contribution in [0.4, 0.5) is 0 Å². The number of nitrogens with zero attached hydrogens (tertiary/aromatic N) is 2. The Bertz CT molecular complexity index is 1070. The quantitative estimate of drug-likeness (QED) is 0.690. The smallest absolute Gasteiger partial charge is 0.261 e. The summed E-state index contributed by atoms with van der Waals surface area (Å²) in [4.78, 5) is 53.0. The Morgan fingerprint density at radius 3 is 2.18 bits per heavy atom. The summed E-state index contributed by atoms with van der Waals surface area (Å²) in [6.07, 6.45) is 2.08. The van der Waals surface area contributed by atoms with E-state index in [0.29, 0.717) is 49.0 Å². The molecule has 0 saturated carbocycles. The Labute approximate surface area is 193 Å². The topological polar surface area (TPSA) is 86.8 Å². The van der Waals surface area contributed by atoms with Gasteiger partial charge in [-0.15, -0.1) is 0 Å². The van der Waals surface area contributed by atoms with Crippen LogP contribution in [0.3, 0.4) is 0 Å². The lowest BCUT2D eigenvalue weighted by Crippen LogP contribution is -2.46. The van der Waals surface area contributed by atoms with Crippen LogP contribution in [0.15, 0.2) is 42.5 Å². The van der Waals surface area contributed by atoms with Crippen molar-refractivity contribution in [3.8, 4) is 0 Å². The minimum absolute atomic E-state index is 0.0283. The molecule has 2 aliphatic heterocycles. The zero-order valence-corrected chi connectivity index (χ0v) is 19.1. The minimum atomic E-state index is -0.295. The number of hydrogen-bond acceptors (Lipinski definition) is 4. The van der Waals surface area contributed by atoms with Crippen molar-refractivity contribution in [3.63, 3.8) is 0 Å². The van der Waals surface area contributed by atoms with Gasteiger partial charge in [-0.2, -0.15) is 0 Å². The summed E-state index contributed by atoms with van der Waals surface area (Å²) in [7, 11) is 0. The Morgan fingerprint density at radius 1 is 0.939 bits per heavy atom. The molecule has 1 saturated heterocycles. The monoisotopic (exact) mass is 447 g/mol. The molecule has 7 nitrogen and oxygen atoms in total. The molecule has 33 heavy (non-hydrogen) atoms. The number of carbonyl (C=O) groups is 4. The van der Waals surface area contributed by atoms with E-state index in [1.165, 1.54) is 4.90 Å². The van der Waals surface area contributed by atoms with Crippen molar-refractivity contribution >= 4 is 23.6 Å². The summed E-state index contributed by atoms with van der Waals surface area (Å²) >= 11 is 0. The van der Waals surface area contributed by atoms with Crippen molar-refractivity contribution in [2.45, 2.75) is 45.6 Å². The molecule has 7 heteroatoms. The third-order valence-corrected chi connectivity index (χ3v) is 6.56. The highest BCUT2D eigenvalue weighted by Gasteiger charge is 2.34. The fraction of sp³-hybridized carbons (Fsp3) is 0.385. The molecule has 2 heterocycles. The van der Waals surface area contributed by atoms with Gasteiger partial charge in [0.2, 0.25) is 5.91 Å². The van der Waals surface area contributed by atoms with Crippen LogP contribution in [-0.4, -0.2) is 59.1 Å². The van der Waals surface area contributed by atoms with Gasteiger partial charge in [-0.3, -0.25) is 24.1 Å². The molecule has 1 fully saturated rings. The van der Waals surface area contributed by atoms with E-state index in [4.69, 9.17) is 0 Å². The van der Waals surface area contributed by atoms with Gasteiger partial charge in [-0.25, -0.2) is 0 Å². The van der Waals surface area contributed by atoms with Crippen LogP contribution >= 0.6 is 0 Å². The molecular formula is C26H29N3O4. The first-order valence-corrected chi connectivity index (χ1v) is 11.5. The summed E-state index contributed by atoms with van der Waals surface area (Å²) in [6.45, 7) is 5.46. The van der Waals surface area contributed by atoms with Gasteiger partial charge < -0.3 is 10.2 Å². The van der Waals surface area contributed by atoms with Gasteiger partial charge >= 0.3 is 0 Å². The van der Waals surface area contributed by atoms with E-state index < -0.39 is 0 Å². The number of hydrogen-bond donors (Lipinski definition) is 1. The van der Waals surface area contributed by atoms with Gasteiger partial charge in [0.05, 0.1) is 11.1 Å². The number of amides is 4. The Balaban J connectivity index is 1.20. The molecular weight excluding hydrogens is 418 g/mol. The first-order chi connectivity index (χ1) is 15.8. The number of benzene rings is 2. The second-order valence-electron chi connectivity index (χ2n) is 8.84. The molecule has 0 bridgehead atoms. The predicted octanol–water partition coefficient (Wildman–Crippen LogP) is 3.10. The van der Waals surface area contributed by atoms with Crippen molar-refractivity contribution in [2.24, 2.45) is 0 Å². The molecule has 0 spiro atoms. The van der Waals surface area contributed by atoms with E-state index in [1.54, 1.807) is 24.3 Å². The number of likely N-dealkylation sites (tertiary alicyclic amines) is 1. The van der Waals surface area contributed by atoms with E-state index in [0.717, 1.165) is 11.1 Å². The van der Waals surface area contributed by atoms with Gasteiger partial charge in [0, 0.05) is 37.7 Å². The second-order valence-corrected chi connectivity index (χ2v) is 8.84.